The Kier molecular flexibility index (Phi) is 7.72. The average molecular weight is 401 g/mol. The molecule has 0 radical (unpaired) electrons. The molecule has 0 aliphatic carbocycles. The number of carbonyl (C=O) groups excluding carboxylic acids is 1. The van der Waals surface area contributed by atoms with Crippen molar-refractivity contribution in [1.29, 1.82) is 0 Å². The number of halogens is 1. The monoisotopic (exact) mass is 400 g/mol. The Bertz CT molecular complexity index is 892. The maximum absolute atomic E-state index is 12.2. The topological polar surface area (TPSA) is 94.0 Å². The van der Waals surface area contributed by atoms with Crippen molar-refractivity contribution in [2.75, 3.05) is 6.54 Å². The molecule has 0 saturated carbocycles. The third-order valence-corrected chi connectivity index (χ3v) is 4.42. The third kappa shape index (κ3) is 5.41. The predicted molar refractivity (Wildman–Crippen MR) is 111 cm³/mol. The minimum atomic E-state index is -0.654. The Morgan fingerprint density at radius 2 is 1.82 bits per heavy atom. The highest BCUT2D eigenvalue weighted by atomic mass is 35.5. The van der Waals surface area contributed by atoms with Crippen LogP contribution >= 0.6 is 12.4 Å². The van der Waals surface area contributed by atoms with E-state index in [-0.39, 0.29) is 18.3 Å². The summed E-state index contributed by atoms with van der Waals surface area (Å²) in [4.78, 5) is 16.5. The fourth-order valence-electron chi connectivity index (χ4n) is 2.69. The Morgan fingerprint density at radius 3 is 2.43 bits per heavy atom. The first-order valence-corrected chi connectivity index (χ1v) is 9.08. The lowest BCUT2D eigenvalue weighted by molar-refractivity contribution is -0.122. The van der Waals surface area contributed by atoms with Gasteiger partial charge >= 0.3 is 0 Å². The summed E-state index contributed by atoms with van der Waals surface area (Å²) in [5.74, 6) is 1.05. The van der Waals surface area contributed by atoms with Crippen LogP contribution in [0.2, 0.25) is 0 Å². The van der Waals surface area contributed by atoms with Crippen LogP contribution in [0.25, 0.3) is 11.5 Å². The molecule has 0 bridgehead atoms. The number of benzene rings is 2. The van der Waals surface area contributed by atoms with Crippen molar-refractivity contribution in [3.8, 4) is 11.5 Å². The molecule has 7 heteroatoms. The molecule has 1 atom stereocenters. The second kappa shape index (κ2) is 10.0. The van der Waals surface area contributed by atoms with Gasteiger partial charge in [-0.3, -0.25) is 4.79 Å². The van der Waals surface area contributed by atoms with E-state index in [1.54, 1.807) is 0 Å². The summed E-state index contributed by atoms with van der Waals surface area (Å²) in [5, 5.41) is 6.80. The number of aryl methyl sites for hydroxylation is 2. The van der Waals surface area contributed by atoms with Gasteiger partial charge in [-0.15, -0.1) is 12.4 Å². The number of nitrogens with one attached hydrogen (secondary N) is 1. The molecule has 3 rings (SSSR count). The van der Waals surface area contributed by atoms with Gasteiger partial charge in [-0.2, -0.15) is 4.98 Å². The SMILES string of the molecule is CCc1noc(-c2ccc(CCNC(=O)C(N)c3ccc(C)cc3)cc2)n1.Cl. The number of nitrogens with two attached hydrogens (primary N) is 1. The molecule has 1 unspecified atom stereocenters. The van der Waals surface area contributed by atoms with Gasteiger partial charge in [0, 0.05) is 18.5 Å². The number of hydrogen-bond acceptors (Lipinski definition) is 5. The Labute approximate surface area is 170 Å². The van der Waals surface area contributed by atoms with Gasteiger partial charge in [-0.25, -0.2) is 0 Å². The maximum atomic E-state index is 12.2. The Morgan fingerprint density at radius 1 is 1.14 bits per heavy atom. The lowest BCUT2D eigenvalue weighted by atomic mass is 10.1. The van der Waals surface area contributed by atoms with E-state index in [2.05, 4.69) is 15.5 Å². The van der Waals surface area contributed by atoms with Gasteiger partial charge in [0.25, 0.3) is 5.89 Å². The van der Waals surface area contributed by atoms with Gasteiger partial charge in [0.05, 0.1) is 0 Å². The van der Waals surface area contributed by atoms with E-state index in [4.69, 9.17) is 10.3 Å². The highest BCUT2D eigenvalue weighted by molar-refractivity contribution is 5.85. The van der Waals surface area contributed by atoms with E-state index < -0.39 is 6.04 Å². The first-order valence-electron chi connectivity index (χ1n) is 9.08. The molecule has 3 aromatic rings. The number of nitrogens with zero attached hydrogens (tertiary/aromatic N) is 2. The summed E-state index contributed by atoms with van der Waals surface area (Å²) in [7, 11) is 0. The fourth-order valence-corrected chi connectivity index (χ4v) is 2.69. The molecule has 1 amide bonds. The van der Waals surface area contributed by atoms with Crippen molar-refractivity contribution < 1.29 is 9.32 Å². The first kappa shape index (κ1) is 21.6. The van der Waals surface area contributed by atoms with Crippen molar-refractivity contribution in [1.82, 2.24) is 15.5 Å². The zero-order valence-corrected chi connectivity index (χ0v) is 16.8. The van der Waals surface area contributed by atoms with E-state index in [1.165, 1.54) is 0 Å². The van der Waals surface area contributed by atoms with Crippen LogP contribution in [0.5, 0.6) is 0 Å². The largest absolute Gasteiger partial charge is 0.354 e. The molecule has 0 aliphatic heterocycles. The van der Waals surface area contributed by atoms with Crippen LogP contribution in [0.3, 0.4) is 0 Å². The molecule has 1 heterocycles. The van der Waals surface area contributed by atoms with Crippen molar-refractivity contribution in [3.63, 3.8) is 0 Å². The Hall–Kier alpha value is -2.70. The standard InChI is InChI=1S/C21H24N4O2.ClH/c1-3-18-24-21(27-25-18)17-10-6-15(7-11-17)12-13-23-20(26)19(22)16-8-4-14(2)5-9-16;/h4-11,19H,3,12-13,22H2,1-2H3,(H,23,26);1H. The van der Waals surface area contributed by atoms with Gasteiger partial charge in [0.1, 0.15) is 6.04 Å². The average Bonchev–Trinajstić information content (AvgIpc) is 3.18. The van der Waals surface area contributed by atoms with Crippen LogP contribution in [0, 0.1) is 6.92 Å². The van der Waals surface area contributed by atoms with E-state index in [1.807, 2.05) is 62.4 Å². The molecule has 0 fully saturated rings. The summed E-state index contributed by atoms with van der Waals surface area (Å²) in [6.07, 6.45) is 1.46. The Balaban J connectivity index is 0.00000280. The first-order chi connectivity index (χ1) is 13.1. The second-order valence-electron chi connectivity index (χ2n) is 6.50. The molecule has 1 aromatic heterocycles. The highest BCUT2D eigenvalue weighted by Crippen LogP contribution is 2.18. The van der Waals surface area contributed by atoms with Gasteiger partial charge in [-0.05, 0) is 36.6 Å². The summed E-state index contributed by atoms with van der Waals surface area (Å²) >= 11 is 0. The molecule has 2 aromatic carbocycles. The minimum Gasteiger partial charge on any atom is -0.354 e. The molecule has 6 nitrogen and oxygen atoms in total. The van der Waals surface area contributed by atoms with Gasteiger partial charge in [0.2, 0.25) is 5.91 Å². The molecule has 0 saturated heterocycles. The quantitative estimate of drug-likeness (QED) is 0.634. The number of carbonyl (C=O) groups is 1. The van der Waals surface area contributed by atoms with E-state index >= 15 is 0 Å². The highest BCUT2D eigenvalue weighted by Gasteiger charge is 2.15. The number of rotatable bonds is 7. The van der Waals surface area contributed by atoms with Gasteiger partial charge in [-0.1, -0.05) is 54.0 Å². The second-order valence-corrected chi connectivity index (χ2v) is 6.50. The number of hydrogen-bond donors (Lipinski definition) is 2. The van der Waals surface area contributed by atoms with E-state index in [0.717, 1.165) is 35.1 Å². The normalized spacial score (nSPS) is 11.5. The zero-order chi connectivity index (χ0) is 19.2. The van der Waals surface area contributed by atoms with Crippen molar-refractivity contribution in [3.05, 3.63) is 71.0 Å². The smallest absolute Gasteiger partial charge is 0.257 e. The molecule has 3 N–H and O–H groups in total. The molecule has 0 aliphatic rings. The summed E-state index contributed by atoms with van der Waals surface area (Å²) in [5.41, 5.74) is 9.98. The van der Waals surface area contributed by atoms with Crippen LogP contribution in [0.15, 0.2) is 53.1 Å². The number of amides is 1. The maximum Gasteiger partial charge on any atom is 0.257 e. The fraction of sp³-hybridized carbons (Fsp3) is 0.286. The van der Waals surface area contributed by atoms with E-state index in [9.17, 15) is 4.79 Å². The predicted octanol–water partition coefficient (Wildman–Crippen LogP) is 3.39. The molecular formula is C21H25ClN4O2. The van der Waals surface area contributed by atoms with E-state index in [0.29, 0.717) is 18.3 Å². The van der Waals surface area contributed by atoms with Crippen LogP contribution in [0.1, 0.15) is 35.5 Å². The van der Waals surface area contributed by atoms with Crippen molar-refractivity contribution >= 4 is 18.3 Å². The van der Waals surface area contributed by atoms with Crippen LogP contribution in [-0.2, 0) is 17.6 Å². The lowest BCUT2D eigenvalue weighted by Crippen LogP contribution is -2.35. The third-order valence-electron chi connectivity index (χ3n) is 4.42. The van der Waals surface area contributed by atoms with Crippen LogP contribution in [-0.4, -0.2) is 22.6 Å². The summed E-state index contributed by atoms with van der Waals surface area (Å²) in [6, 6.07) is 14.9. The minimum absolute atomic E-state index is 0. The molecule has 0 spiro atoms. The van der Waals surface area contributed by atoms with Crippen molar-refractivity contribution in [2.45, 2.75) is 32.7 Å². The van der Waals surface area contributed by atoms with Crippen molar-refractivity contribution in [2.24, 2.45) is 5.73 Å². The molecule has 28 heavy (non-hydrogen) atoms. The van der Waals surface area contributed by atoms with Crippen LogP contribution in [0.4, 0.5) is 0 Å². The van der Waals surface area contributed by atoms with Crippen LogP contribution < -0.4 is 11.1 Å². The summed E-state index contributed by atoms with van der Waals surface area (Å²) in [6.45, 7) is 4.51. The van der Waals surface area contributed by atoms with Gasteiger partial charge in [0.15, 0.2) is 5.82 Å². The molecule has 148 valence electrons. The van der Waals surface area contributed by atoms with Gasteiger partial charge < -0.3 is 15.6 Å². The zero-order valence-electron chi connectivity index (χ0n) is 16.0. The number of aromatic nitrogens is 2. The summed E-state index contributed by atoms with van der Waals surface area (Å²) < 4.78 is 5.24. The lowest BCUT2D eigenvalue weighted by Gasteiger charge is -2.13. The molecular weight excluding hydrogens is 376 g/mol.